The molecule has 0 bridgehead atoms. The van der Waals surface area contributed by atoms with Gasteiger partial charge in [-0.3, -0.25) is 4.98 Å². The first-order chi connectivity index (χ1) is 13.3. The average molecular weight is 378 g/mol. The Bertz CT molecular complexity index is 852. The van der Waals surface area contributed by atoms with E-state index in [2.05, 4.69) is 51.6 Å². The van der Waals surface area contributed by atoms with E-state index in [1.54, 1.807) is 0 Å². The van der Waals surface area contributed by atoms with Crippen LogP contribution in [0.25, 0.3) is 22.4 Å². The molecule has 4 heteroatoms. The Morgan fingerprint density at radius 1 is 0.815 bits per heavy atom. The molecule has 27 heavy (non-hydrogen) atoms. The lowest BCUT2D eigenvalue weighted by Crippen LogP contribution is -2.25. The van der Waals surface area contributed by atoms with Gasteiger partial charge in [-0.2, -0.15) is 0 Å². The number of benzene rings is 2. The van der Waals surface area contributed by atoms with E-state index < -0.39 is 0 Å². The van der Waals surface area contributed by atoms with Crippen molar-refractivity contribution < 1.29 is 0 Å². The quantitative estimate of drug-likeness (QED) is 0.608. The number of rotatable bonds is 6. The molecule has 1 aliphatic rings. The lowest BCUT2D eigenvalue weighted by molar-refractivity contribution is 0.352. The number of pyridine rings is 1. The molecule has 0 saturated carbocycles. The number of hydrogen-bond donors (Lipinski definition) is 1. The maximum Gasteiger partial charge on any atom is 0.0702 e. The van der Waals surface area contributed by atoms with Gasteiger partial charge >= 0.3 is 0 Å². The largest absolute Gasteiger partial charge is 0.384 e. The fraction of sp³-hybridized carbons (Fsp3) is 0.261. The highest BCUT2D eigenvalue weighted by atomic mass is 35.5. The van der Waals surface area contributed by atoms with Gasteiger partial charge in [0.2, 0.25) is 0 Å². The summed E-state index contributed by atoms with van der Waals surface area (Å²) in [5.74, 6) is 0. The maximum atomic E-state index is 5.96. The molecule has 138 valence electrons. The van der Waals surface area contributed by atoms with E-state index in [1.165, 1.54) is 25.9 Å². The maximum absolute atomic E-state index is 5.96. The van der Waals surface area contributed by atoms with Crippen molar-refractivity contribution in [3.05, 3.63) is 71.9 Å². The highest BCUT2D eigenvalue weighted by Crippen LogP contribution is 2.24. The van der Waals surface area contributed by atoms with E-state index in [0.717, 1.165) is 46.2 Å². The number of hydrogen-bond acceptors (Lipinski definition) is 3. The molecule has 0 unspecified atom stereocenters. The minimum absolute atomic E-state index is 0.748. The molecule has 1 fully saturated rings. The van der Waals surface area contributed by atoms with Gasteiger partial charge in [-0.15, -0.1) is 0 Å². The first-order valence-electron chi connectivity index (χ1n) is 9.57. The average Bonchev–Trinajstić information content (AvgIpc) is 3.23. The van der Waals surface area contributed by atoms with Crippen LogP contribution in [0.3, 0.4) is 0 Å². The second-order valence-electron chi connectivity index (χ2n) is 6.99. The third kappa shape index (κ3) is 4.68. The summed E-state index contributed by atoms with van der Waals surface area (Å²) in [6.07, 6.45) is 4.61. The lowest BCUT2D eigenvalue weighted by atomic mass is 10.1. The lowest BCUT2D eigenvalue weighted by Gasteiger charge is -2.15. The zero-order valence-corrected chi connectivity index (χ0v) is 16.1. The number of aromatic nitrogens is 1. The Morgan fingerprint density at radius 3 is 2.15 bits per heavy atom. The molecule has 2 aromatic carbocycles. The Labute approximate surface area is 166 Å². The van der Waals surface area contributed by atoms with Crippen molar-refractivity contribution in [1.82, 2.24) is 9.88 Å². The van der Waals surface area contributed by atoms with Crippen LogP contribution in [-0.4, -0.2) is 36.1 Å². The van der Waals surface area contributed by atoms with Crippen molar-refractivity contribution in [2.24, 2.45) is 0 Å². The van der Waals surface area contributed by atoms with Crippen LogP contribution in [0, 0.1) is 0 Å². The van der Waals surface area contributed by atoms with Crippen molar-refractivity contribution in [3.8, 4) is 22.4 Å². The third-order valence-electron chi connectivity index (χ3n) is 5.08. The number of nitrogens with zero attached hydrogens (tertiary/aromatic N) is 2. The monoisotopic (exact) mass is 377 g/mol. The van der Waals surface area contributed by atoms with E-state index in [9.17, 15) is 0 Å². The van der Waals surface area contributed by atoms with Crippen LogP contribution < -0.4 is 5.32 Å². The number of nitrogens with one attached hydrogen (secondary N) is 1. The van der Waals surface area contributed by atoms with Crippen molar-refractivity contribution in [2.45, 2.75) is 12.8 Å². The fourth-order valence-electron chi connectivity index (χ4n) is 3.50. The molecule has 0 amide bonds. The van der Waals surface area contributed by atoms with Gasteiger partial charge in [0.25, 0.3) is 0 Å². The van der Waals surface area contributed by atoms with E-state index in [-0.39, 0.29) is 0 Å². The van der Waals surface area contributed by atoms with Crippen LogP contribution in [-0.2, 0) is 0 Å². The van der Waals surface area contributed by atoms with E-state index in [0.29, 0.717) is 0 Å². The van der Waals surface area contributed by atoms with Crippen LogP contribution in [0.1, 0.15) is 12.8 Å². The van der Waals surface area contributed by atoms with Crippen molar-refractivity contribution in [1.29, 1.82) is 0 Å². The predicted octanol–water partition coefficient (Wildman–Crippen LogP) is 5.58. The molecule has 1 aliphatic heterocycles. The summed E-state index contributed by atoms with van der Waals surface area (Å²) in [5, 5.41) is 4.26. The van der Waals surface area contributed by atoms with Gasteiger partial charge in [-0.05, 0) is 61.8 Å². The molecule has 3 aromatic rings. The Hall–Kier alpha value is -2.36. The highest BCUT2D eigenvalue weighted by Gasteiger charge is 2.10. The van der Waals surface area contributed by atoms with Gasteiger partial charge in [-0.1, -0.05) is 41.9 Å². The molecule has 1 aromatic heterocycles. The minimum Gasteiger partial charge on any atom is -0.384 e. The van der Waals surface area contributed by atoms with Gasteiger partial charge in [-0.25, -0.2) is 0 Å². The normalized spacial score (nSPS) is 14.4. The minimum atomic E-state index is 0.748. The third-order valence-corrected chi connectivity index (χ3v) is 5.33. The van der Waals surface area contributed by atoms with Gasteiger partial charge in [0, 0.05) is 41.1 Å². The number of halogens is 1. The molecule has 0 radical (unpaired) electrons. The molecular formula is C23H24ClN3. The summed E-state index contributed by atoms with van der Waals surface area (Å²) >= 11 is 5.96. The van der Waals surface area contributed by atoms with E-state index in [1.807, 2.05) is 30.5 Å². The standard InChI is InChI=1S/C23H24ClN3/c24-21-8-3-18(4-9-21)20-7-12-23(26-17-20)19-5-10-22(11-6-19)25-13-16-27-14-1-2-15-27/h3-12,17,25H,1-2,13-16H2. The summed E-state index contributed by atoms with van der Waals surface area (Å²) in [6, 6.07) is 20.5. The molecule has 0 aliphatic carbocycles. The van der Waals surface area contributed by atoms with Crippen molar-refractivity contribution >= 4 is 17.3 Å². The smallest absolute Gasteiger partial charge is 0.0702 e. The fourth-order valence-corrected chi connectivity index (χ4v) is 3.63. The topological polar surface area (TPSA) is 28.2 Å². The van der Waals surface area contributed by atoms with Crippen LogP contribution >= 0.6 is 11.6 Å². The first-order valence-corrected chi connectivity index (χ1v) is 9.94. The highest BCUT2D eigenvalue weighted by molar-refractivity contribution is 6.30. The van der Waals surface area contributed by atoms with Gasteiger partial charge < -0.3 is 10.2 Å². The summed E-state index contributed by atoms with van der Waals surface area (Å²) in [5.41, 5.74) is 5.49. The van der Waals surface area contributed by atoms with E-state index >= 15 is 0 Å². The zero-order chi connectivity index (χ0) is 18.5. The Kier molecular flexibility index (Phi) is 5.71. The number of likely N-dealkylation sites (tertiary alicyclic amines) is 1. The SMILES string of the molecule is Clc1ccc(-c2ccc(-c3ccc(NCCN4CCCC4)cc3)nc2)cc1. The summed E-state index contributed by atoms with van der Waals surface area (Å²) < 4.78 is 0. The second-order valence-corrected chi connectivity index (χ2v) is 7.43. The van der Waals surface area contributed by atoms with Crippen LogP contribution in [0.4, 0.5) is 5.69 Å². The van der Waals surface area contributed by atoms with Gasteiger partial charge in [0.05, 0.1) is 5.69 Å². The summed E-state index contributed by atoms with van der Waals surface area (Å²) in [7, 11) is 0. The molecule has 2 heterocycles. The molecule has 0 spiro atoms. The van der Waals surface area contributed by atoms with Crippen molar-refractivity contribution in [2.75, 3.05) is 31.5 Å². The molecule has 4 rings (SSSR count). The van der Waals surface area contributed by atoms with Gasteiger partial charge in [0.15, 0.2) is 0 Å². The molecule has 0 atom stereocenters. The molecule has 1 saturated heterocycles. The summed E-state index contributed by atoms with van der Waals surface area (Å²) in [6.45, 7) is 4.61. The summed E-state index contributed by atoms with van der Waals surface area (Å²) in [4.78, 5) is 7.15. The molecule has 1 N–H and O–H groups in total. The Balaban J connectivity index is 1.37. The van der Waals surface area contributed by atoms with Crippen molar-refractivity contribution in [3.63, 3.8) is 0 Å². The number of anilines is 1. The Morgan fingerprint density at radius 2 is 1.48 bits per heavy atom. The zero-order valence-electron chi connectivity index (χ0n) is 15.4. The van der Waals surface area contributed by atoms with E-state index in [4.69, 9.17) is 11.6 Å². The first kappa shape index (κ1) is 18.0. The van der Waals surface area contributed by atoms with Crippen LogP contribution in [0.5, 0.6) is 0 Å². The van der Waals surface area contributed by atoms with Gasteiger partial charge in [0.1, 0.15) is 0 Å². The van der Waals surface area contributed by atoms with Crippen LogP contribution in [0.2, 0.25) is 5.02 Å². The predicted molar refractivity (Wildman–Crippen MR) is 114 cm³/mol. The molecular weight excluding hydrogens is 354 g/mol. The molecule has 3 nitrogen and oxygen atoms in total. The van der Waals surface area contributed by atoms with Crippen LogP contribution in [0.15, 0.2) is 66.9 Å². The second kappa shape index (κ2) is 8.55.